The molecule has 6 heteroatoms. The van der Waals surface area contributed by atoms with Gasteiger partial charge in [0.25, 0.3) is 5.91 Å². The molecule has 2 amide bonds. The molecule has 1 aromatic heterocycles. The van der Waals surface area contributed by atoms with Crippen LogP contribution in [0.5, 0.6) is 0 Å². The number of piperazine rings is 1. The number of hydrogen-bond donors (Lipinski definition) is 1. The van der Waals surface area contributed by atoms with Crippen molar-refractivity contribution >= 4 is 17.6 Å². The van der Waals surface area contributed by atoms with Crippen LogP contribution in [0.25, 0.3) is 0 Å². The molecule has 0 bridgehead atoms. The van der Waals surface area contributed by atoms with E-state index >= 15 is 0 Å². The van der Waals surface area contributed by atoms with Gasteiger partial charge in [-0.3, -0.25) is 9.59 Å². The highest BCUT2D eigenvalue weighted by atomic mass is 16.2. The standard InChI is InChI=1S/C25H32N4O2/c1-3-18(2)16-27-24(30)20-9-10-23(26-17-20)28-11-13-29(14-12-28)25(31)22-15-21(22)19-7-5-4-6-8-19/h4-10,17-18,21-22H,3,11-16H2,1-2H3,(H,27,30). The second kappa shape index (κ2) is 9.50. The van der Waals surface area contributed by atoms with Crippen molar-refractivity contribution in [1.82, 2.24) is 15.2 Å². The fourth-order valence-electron chi connectivity index (χ4n) is 4.15. The average Bonchev–Trinajstić information content (AvgIpc) is 3.63. The van der Waals surface area contributed by atoms with Crippen molar-refractivity contribution in [2.24, 2.45) is 11.8 Å². The Morgan fingerprint density at radius 3 is 2.48 bits per heavy atom. The lowest BCUT2D eigenvalue weighted by molar-refractivity contribution is -0.133. The molecule has 31 heavy (non-hydrogen) atoms. The normalized spacial score (nSPS) is 21.5. The summed E-state index contributed by atoms with van der Waals surface area (Å²) in [6, 6.07) is 14.1. The zero-order valence-corrected chi connectivity index (χ0v) is 18.5. The molecule has 4 rings (SSSR count). The number of anilines is 1. The predicted molar refractivity (Wildman–Crippen MR) is 122 cm³/mol. The highest BCUT2D eigenvalue weighted by molar-refractivity contribution is 5.94. The lowest BCUT2D eigenvalue weighted by Gasteiger charge is -2.35. The molecule has 3 unspecified atom stereocenters. The third-order valence-electron chi connectivity index (χ3n) is 6.57. The first kappa shape index (κ1) is 21.3. The molecule has 2 aromatic rings. The van der Waals surface area contributed by atoms with Gasteiger partial charge in [-0.2, -0.15) is 0 Å². The molecule has 1 N–H and O–H groups in total. The minimum atomic E-state index is -0.0767. The van der Waals surface area contributed by atoms with Crippen molar-refractivity contribution in [1.29, 1.82) is 0 Å². The summed E-state index contributed by atoms with van der Waals surface area (Å²) in [4.78, 5) is 33.8. The summed E-state index contributed by atoms with van der Waals surface area (Å²) in [6.07, 6.45) is 3.65. The van der Waals surface area contributed by atoms with E-state index in [0.717, 1.165) is 44.8 Å². The van der Waals surface area contributed by atoms with Crippen LogP contribution in [-0.4, -0.2) is 54.4 Å². The first-order valence-electron chi connectivity index (χ1n) is 11.4. The van der Waals surface area contributed by atoms with Crippen molar-refractivity contribution in [3.8, 4) is 0 Å². The second-order valence-electron chi connectivity index (χ2n) is 8.80. The van der Waals surface area contributed by atoms with E-state index in [-0.39, 0.29) is 17.7 Å². The lowest BCUT2D eigenvalue weighted by Crippen LogP contribution is -2.49. The Labute approximate surface area is 184 Å². The predicted octanol–water partition coefficient (Wildman–Crippen LogP) is 3.31. The Bertz CT molecular complexity index is 891. The minimum Gasteiger partial charge on any atom is -0.353 e. The molecule has 1 saturated carbocycles. The van der Waals surface area contributed by atoms with Crippen molar-refractivity contribution in [2.75, 3.05) is 37.6 Å². The van der Waals surface area contributed by atoms with Gasteiger partial charge in [0.05, 0.1) is 5.56 Å². The Morgan fingerprint density at radius 1 is 1.10 bits per heavy atom. The van der Waals surface area contributed by atoms with Gasteiger partial charge < -0.3 is 15.1 Å². The number of benzene rings is 1. The van der Waals surface area contributed by atoms with E-state index in [4.69, 9.17) is 0 Å². The summed E-state index contributed by atoms with van der Waals surface area (Å²) < 4.78 is 0. The number of carbonyl (C=O) groups excluding carboxylic acids is 2. The number of nitrogens with zero attached hydrogens (tertiary/aromatic N) is 3. The molecular weight excluding hydrogens is 388 g/mol. The Balaban J connectivity index is 1.26. The van der Waals surface area contributed by atoms with Crippen LogP contribution in [-0.2, 0) is 4.79 Å². The maximum Gasteiger partial charge on any atom is 0.252 e. The third-order valence-corrected chi connectivity index (χ3v) is 6.57. The SMILES string of the molecule is CCC(C)CNC(=O)c1ccc(N2CCN(C(=O)C3CC3c3ccccc3)CC2)nc1. The molecule has 1 aliphatic carbocycles. The van der Waals surface area contributed by atoms with Crippen LogP contribution in [0.1, 0.15) is 48.5 Å². The first-order chi connectivity index (χ1) is 15.1. The monoisotopic (exact) mass is 420 g/mol. The zero-order chi connectivity index (χ0) is 21.8. The largest absolute Gasteiger partial charge is 0.353 e. The molecule has 164 valence electrons. The maximum absolute atomic E-state index is 12.9. The number of amides is 2. The zero-order valence-electron chi connectivity index (χ0n) is 18.5. The molecule has 6 nitrogen and oxygen atoms in total. The Morgan fingerprint density at radius 2 is 1.84 bits per heavy atom. The van der Waals surface area contributed by atoms with E-state index in [1.807, 2.05) is 35.2 Å². The first-order valence-corrected chi connectivity index (χ1v) is 11.4. The van der Waals surface area contributed by atoms with Crippen molar-refractivity contribution in [3.05, 3.63) is 59.8 Å². The molecule has 0 radical (unpaired) electrons. The van der Waals surface area contributed by atoms with E-state index in [9.17, 15) is 9.59 Å². The summed E-state index contributed by atoms with van der Waals surface area (Å²) in [5.41, 5.74) is 1.86. The molecule has 2 heterocycles. The summed E-state index contributed by atoms with van der Waals surface area (Å²) >= 11 is 0. The third kappa shape index (κ3) is 5.06. The van der Waals surface area contributed by atoms with Crippen molar-refractivity contribution in [3.63, 3.8) is 0 Å². The number of hydrogen-bond acceptors (Lipinski definition) is 4. The summed E-state index contributed by atoms with van der Waals surface area (Å²) in [7, 11) is 0. The highest BCUT2D eigenvalue weighted by Crippen LogP contribution is 2.48. The summed E-state index contributed by atoms with van der Waals surface area (Å²) in [5.74, 6) is 2.06. The second-order valence-corrected chi connectivity index (χ2v) is 8.80. The molecule has 0 spiro atoms. The van der Waals surface area contributed by atoms with Crippen LogP contribution in [0.15, 0.2) is 48.7 Å². The fourth-order valence-corrected chi connectivity index (χ4v) is 4.15. The lowest BCUT2D eigenvalue weighted by atomic mass is 10.1. The number of rotatable bonds is 7. The van der Waals surface area contributed by atoms with Gasteiger partial charge in [0, 0.05) is 44.8 Å². The topological polar surface area (TPSA) is 65.5 Å². The van der Waals surface area contributed by atoms with Gasteiger partial charge in [-0.05, 0) is 36.0 Å². The number of aromatic nitrogens is 1. The quantitative estimate of drug-likeness (QED) is 0.746. The summed E-state index contributed by atoms with van der Waals surface area (Å²) in [5, 5.41) is 2.96. The van der Waals surface area contributed by atoms with Gasteiger partial charge in [0.1, 0.15) is 5.82 Å². The molecule has 1 aromatic carbocycles. The Hall–Kier alpha value is -2.89. The average molecular weight is 421 g/mol. The minimum absolute atomic E-state index is 0.0767. The van der Waals surface area contributed by atoms with Gasteiger partial charge >= 0.3 is 0 Å². The number of pyridine rings is 1. The molecule has 1 saturated heterocycles. The Kier molecular flexibility index (Phi) is 6.54. The van der Waals surface area contributed by atoms with Gasteiger partial charge in [-0.25, -0.2) is 4.98 Å². The van der Waals surface area contributed by atoms with E-state index < -0.39 is 0 Å². The van der Waals surface area contributed by atoms with E-state index in [2.05, 4.69) is 41.2 Å². The van der Waals surface area contributed by atoms with Crippen LogP contribution in [0.3, 0.4) is 0 Å². The maximum atomic E-state index is 12.9. The molecule has 2 fully saturated rings. The van der Waals surface area contributed by atoms with Gasteiger partial charge in [0.15, 0.2) is 0 Å². The molecule has 3 atom stereocenters. The van der Waals surface area contributed by atoms with E-state index in [1.165, 1.54) is 5.56 Å². The molecule has 2 aliphatic rings. The smallest absolute Gasteiger partial charge is 0.252 e. The fraction of sp³-hybridized carbons (Fsp3) is 0.480. The van der Waals surface area contributed by atoms with Crippen LogP contribution in [0.2, 0.25) is 0 Å². The molecule has 1 aliphatic heterocycles. The van der Waals surface area contributed by atoms with Gasteiger partial charge in [0.2, 0.25) is 5.91 Å². The number of nitrogens with one attached hydrogen (secondary N) is 1. The van der Waals surface area contributed by atoms with E-state index in [0.29, 0.717) is 23.9 Å². The van der Waals surface area contributed by atoms with Crippen LogP contribution < -0.4 is 10.2 Å². The van der Waals surface area contributed by atoms with Crippen LogP contribution in [0, 0.1) is 11.8 Å². The van der Waals surface area contributed by atoms with Gasteiger partial charge in [-0.15, -0.1) is 0 Å². The van der Waals surface area contributed by atoms with Crippen LogP contribution >= 0.6 is 0 Å². The molecular formula is C25H32N4O2. The van der Waals surface area contributed by atoms with Crippen molar-refractivity contribution in [2.45, 2.75) is 32.6 Å². The summed E-state index contributed by atoms with van der Waals surface area (Å²) in [6.45, 7) is 7.89. The van der Waals surface area contributed by atoms with Crippen molar-refractivity contribution < 1.29 is 9.59 Å². The highest BCUT2D eigenvalue weighted by Gasteiger charge is 2.46. The number of carbonyl (C=O) groups is 2. The van der Waals surface area contributed by atoms with E-state index in [1.54, 1.807) is 6.20 Å². The van der Waals surface area contributed by atoms with Crippen LogP contribution in [0.4, 0.5) is 5.82 Å². The van der Waals surface area contributed by atoms with Gasteiger partial charge in [-0.1, -0.05) is 50.6 Å².